The van der Waals surface area contributed by atoms with Gasteiger partial charge in [-0.15, -0.1) is 22.0 Å². The van der Waals surface area contributed by atoms with Crippen LogP contribution in [0.2, 0.25) is 0 Å². The molecular formula is C20H17N5OS. The lowest BCUT2D eigenvalue weighted by Crippen LogP contribution is -2.23. The van der Waals surface area contributed by atoms with Gasteiger partial charge in [-0.1, -0.05) is 12.1 Å². The van der Waals surface area contributed by atoms with Crippen molar-refractivity contribution in [2.24, 2.45) is 0 Å². The molecule has 1 N–H and O–H groups in total. The van der Waals surface area contributed by atoms with E-state index in [-0.39, 0.29) is 5.91 Å². The fourth-order valence-corrected chi connectivity index (χ4v) is 3.46. The maximum Gasteiger partial charge on any atom is 0.251 e. The molecule has 3 heterocycles. The normalized spacial score (nSPS) is 10.8. The number of nitrogens with one attached hydrogen (secondary N) is 1. The van der Waals surface area contributed by atoms with E-state index in [2.05, 4.69) is 26.6 Å². The van der Waals surface area contributed by atoms with Crippen molar-refractivity contribution in [2.45, 2.75) is 17.2 Å². The van der Waals surface area contributed by atoms with Gasteiger partial charge in [0, 0.05) is 34.8 Å². The van der Waals surface area contributed by atoms with Crippen LogP contribution in [0, 0.1) is 0 Å². The van der Waals surface area contributed by atoms with E-state index in [1.54, 1.807) is 18.0 Å². The predicted molar refractivity (Wildman–Crippen MR) is 104 cm³/mol. The molecule has 0 bridgehead atoms. The maximum absolute atomic E-state index is 12.4. The van der Waals surface area contributed by atoms with Gasteiger partial charge in [0.15, 0.2) is 11.5 Å². The number of fused-ring (bicyclic) bond motifs is 1. The molecule has 6 nitrogen and oxygen atoms in total. The van der Waals surface area contributed by atoms with Crippen LogP contribution >= 0.6 is 11.8 Å². The summed E-state index contributed by atoms with van der Waals surface area (Å²) in [6, 6.07) is 17.3. The maximum atomic E-state index is 12.4. The standard InChI is InChI=1S/C20H17N5OS/c26-20(22-13-19-24-23-18-5-1-2-11-25(18)19)16-6-8-17(9-7-16)27-14-15-4-3-10-21-12-15/h1-12H,13-14H2,(H,22,26). The van der Waals surface area contributed by atoms with E-state index < -0.39 is 0 Å². The van der Waals surface area contributed by atoms with Gasteiger partial charge >= 0.3 is 0 Å². The van der Waals surface area contributed by atoms with E-state index in [1.807, 2.05) is 65.3 Å². The molecule has 0 aliphatic heterocycles. The van der Waals surface area contributed by atoms with Crippen LogP contribution in [0.1, 0.15) is 21.7 Å². The molecule has 0 saturated carbocycles. The Labute approximate surface area is 160 Å². The van der Waals surface area contributed by atoms with Crippen LogP contribution in [-0.2, 0) is 12.3 Å². The van der Waals surface area contributed by atoms with Gasteiger partial charge in [-0.2, -0.15) is 0 Å². The second-order valence-electron chi connectivity index (χ2n) is 5.90. The van der Waals surface area contributed by atoms with Crippen molar-refractivity contribution >= 4 is 23.3 Å². The monoisotopic (exact) mass is 375 g/mol. The number of thioether (sulfide) groups is 1. The number of pyridine rings is 2. The smallest absolute Gasteiger partial charge is 0.251 e. The van der Waals surface area contributed by atoms with Gasteiger partial charge in [0.05, 0.1) is 6.54 Å². The molecule has 0 fully saturated rings. The molecular weight excluding hydrogens is 358 g/mol. The van der Waals surface area contributed by atoms with Crippen molar-refractivity contribution in [2.75, 3.05) is 0 Å². The van der Waals surface area contributed by atoms with Crippen LogP contribution in [-0.4, -0.2) is 25.5 Å². The minimum absolute atomic E-state index is 0.133. The van der Waals surface area contributed by atoms with Crippen molar-refractivity contribution in [3.63, 3.8) is 0 Å². The molecule has 7 heteroatoms. The first kappa shape index (κ1) is 17.2. The number of carbonyl (C=O) groups excluding carboxylic acids is 1. The van der Waals surface area contributed by atoms with Crippen molar-refractivity contribution in [1.29, 1.82) is 0 Å². The van der Waals surface area contributed by atoms with Crippen LogP contribution < -0.4 is 5.32 Å². The first-order valence-corrected chi connectivity index (χ1v) is 9.47. The molecule has 0 saturated heterocycles. The van der Waals surface area contributed by atoms with Crippen LogP contribution in [0.5, 0.6) is 0 Å². The molecule has 0 radical (unpaired) electrons. The summed E-state index contributed by atoms with van der Waals surface area (Å²) in [5, 5.41) is 11.1. The van der Waals surface area contributed by atoms with Gasteiger partial charge in [-0.05, 0) is 48.0 Å². The third kappa shape index (κ3) is 4.15. The second kappa shape index (κ2) is 8.01. The van der Waals surface area contributed by atoms with Crippen molar-refractivity contribution < 1.29 is 4.79 Å². The molecule has 4 aromatic rings. The lowest BCUT2D eigenvalue weighted by atomic mass is 10.2. The lowest BCUT2D eigenvalue weighted by molar-refractivity contribution is 0.0949. The number of rotatable bonds is 6. The summed E-state index contributed by atoms with van der Waals surface area (Å²) < 4.78 is 1.86. The Morgan fingerprint density at radius 1 is 1.04 bits per heavy atom. The number of amides is 1. The number of nitrogens with zero attached hydrogens (tertiary/aromatic N) is 4. The Morgan fingerprint density at radius 2 is 1.93 bits per heavy atom. The molecule has 0 atom stereocenters. The van der Waals surface area contributed by atoms with Gasteiger partial charge in [0.1, 0.15) is 0 Å². The molecule has 3 aromatic heterocycles. The third-order valence-electron chi connectivity index (χ3n) is 4.04. The zero-order chi connectivity index (χ0) is 18.5. The fourth-order valence-electron chi connectivity index (χ4n) is 2.63. The zero-order valence-electron chi connectivity index (χ0n) is 14.4. The minimum atomic E-state index is -0.133. The highest BCUT2D eigenvalue weighted by molar-refractivity contribution is 7.98. The van der Waals surface area contributed by atoms with Crippen molar-refractivity contribution in [1.82, 2.24) is 24.9 Å². The highest BCUT2D eigenvalue weighted by atomic mass is 32.2. The molecule has 27 heavy (non-hydrogen) atoms. The Balaban J connectivity index is 1.35. The first-order valence-electron chi connectivity index (χ1n) is 8.48. The highest BCUT2D eigenvalue weighted by Crippen LogP contribution is 2.22. The van der Waals surface area contributed by atoms with E-state index >= 15 is 0 Å². The zero-order valence-corrected chi connectivity index (χ0v) is 15.3. The number of aromatic nitrogens is 4. The first-order chi connectivity index (χ1) is 13.3. The van der Waals surface area contributed by atoms with Crippen LogP contribution in [0.3, 0.4) is 0 Å². The molecule has 0 unspecified atom stereocenters. The summed E-state index contributed by atoms with van der Waals surface area (Å²) in [4.78, 5) is 17.6. The quantitative estimate of drug-likeness (QED) is 0.523. The average molecular weight is 375 g/mol. The van der Waals surface area contributed by atoms with E-state index in [0.717, 1.165) is 16.3 Å². The average Bonchev–Trinajstić information content (AvgIpc) is 3.15. The Morgan fingerprint density at radius 3 is 2.74 bits per heavy atom. The summed E-state index contributed by atoms with van der Waals surface area (Å²) in [7, 11) is 0. The molecule has 0 aliphatic rings. The Bertz CT molecular complexity index is 1050. The van der Waals surface area contributed by atoms with Gasteiger partial charge in [-0.25, -0.2) is 0 Å². The van der Waals surface area contributed by atoms with E-state index in [1.165, 1.54) is 5.56 Å². The number of hydrogen-bond donors (Lipinski definition) is 1. The summed E-state index contributed by atoms with van der Waals surface area (Å²) in [5.74, 6) is 1.41. The number of benzene rings is 1. The minimum Gasteiger partial charge on any atom is -0.345 e. The van der Waals surface area contributed by atoms with Gasteiger partial charge in [0.25, 0.3) is 5.91 Å². The van der Waals surface area contributed by atoms with Crippen LogP contribution in [0.25, 0.3) is 5.65 Å². The highest BCUT2D eigenvalue weighted by Gasteiger charge is 2.09. The fraction of sp³-hybridized carbons (Fsp3) is 0.100. The summed E-state index contributed by atoms with van der Waals surface area (Å²) >= 11 is 1.71. The number of hydrogen-bond acceptors (Lipinski definition) is 5. The third-order valence-corrected chi connectivity index (χ3v) is 5.12. The van der Waals surface area contributed by atoms with Crippen LogP contribution in [0.4, 0.5) is 0 Å². The summed E-state index contributed by atoms with van der Waals surface area (Å²) in [6.07, 6.45) is 5.51. The van der Waals surface area contributed by atoms with Crippen molar-refractivity contribution in [3.8, 4) is 0 Å². The lowest BCUT2D eigenvalue weighted by Gasteiger charge is -2.06. The molecule has 0 spiro atoms. The van der Waals surface area contributed by atoms with Crippen LogP contribution in [0.15, 0.2) is 78.1 Å². The molecule has 1 amide bonds. The SMILES string of the molecule is O=C(NCc1nnc2ccccn12)c1ccc(SCc2cccnc2)cc1. The van der Waals surface area contributed by atoms with Gasteiger partial charge in [0.2, 0.25) is 0 Å². The van der Waals surface area contributed by atoms with E-state index in [0.29, 0.717) is 17.9 Å². The van der Waals surface area contributed by atoms with Gasteiger partial charge < -0.3 is 5.32 Å². The summed E-state index contributed by atoms with van der Waals surface area (Å²) in [5.41, 5.74) is 2.55. The molecule has 134 valence electrons. The number of carbonyl (C=O) groups is 1. The largest absolute Gasteiger partial charge is 0.345 e. The van der Waals surface area contributed by atoms with Gasteiger partial charge in [-0.3, -0.25) is 14.2 Å². The van der Waals surface area contributed by atoms with E-state index in [4.69, 9.17) is 0 Å². The topological polar surface area (TPSA) is 72.2 Å². The Kier molecular flexibility index (Phi) is 5.11. The summed E-state index contributed by atoms with van der Waals surface area (Å²) in [6.45, 7) is 0.321. The van der Waals surface area contributed by atoms with E-state index in [9.17, 15) is 4.79 Å². The van der Waals surface area contributed by atoms with Crippen molar-refractivity contribution in [3.05, 3.63) is 90.1 Å². The Hall–Kier alpha value is -3.19. The molecule has 4 rings (SSSR count). The molecule has 1 aromatic carbocycles. The second-order valence-corrected chi connectivity index (χ2v) is 6.95. The predicted octanol–water partition coefficient (Wildman–Crippen LogP) is 3.35. The molecule has 0 aliphatic carbocycles.